The van der Waals surface area contributed by atoms with Crippen molar-refractivity contribution >= 4 is 15.6 Å². The minimum absolute atomic E-state index is 0.0210. The van der Waals surface area contributed by atoms with Gasteiger partial charge < -0.3 is 0 Å². The smallest absolute Gasteiger partial charge is 0.188 e. The Labute approximate surface area is 112 Å². The molecule has 98 valence electrons. The van der Waals surface area contributed by atoms with Crippen molar-refractivity contribution < 1.29 is 13.2 Å². The van der Waals surface area contributed by atoms with Crippen molar-refractivity contribution in [2.45, 2.75) is 16.6 Å². The summed E-state index contributed by atoms with van der Waals surface area (Å²) in [6.45, 7) is 0. The van der Waals surface area contributed by atoms with Gasteiger partial charge in [-0.3, -0.25) is 4.79 Å². The van der Waals surface area contributed by atoms with Gasteiger partial charge in [-0.05, 0) is 36.3 Å². The van der Waals surface area contributed by atoms with Crippen LogP contribution in [0.3, 0.4) is 0 Å². The summed E-state index contributed by atoms with van der Waals surface area (Å²) in [6.07, 6.45) is 5.16. The maximum absolute atomic E-state index is 12.6. The molecule has 1 aromatic rings. The predicted molar refractivity (Wildman–Crippen MR) is 70.1 cm³/mol. The lowest BCUT2D eigenvalue weighted by Gasteiger charge is -2.43. The minimum atomic E-state index is -3.51. The Balaban J connectivity index is 1.75. The highest BCUT2D eigenvalue weighted by molar-refractivity contribution is 7.93. The van der Waals surface area contributed by atoms with Crippen LogP contribution < -0.4 is 0 Å². The van der Waals surface area contributed by atoms with Gasteiger partial charge in [0.2, 0.25) is 0 Å². The minimum Gasteiger partial charge on any atom is -0.298 e. The fourth-order valence-corrected chi connectivity index (χ4v) is 6.13. The highest BCUT2D eigenvalue weighted by Crippen LogP contribution is 2.58. The maximum Gasteiger partial charge on any atom is 0.188 e. The van der Waals surface area contributed by atoms with Crippen molar-refractivity contribution in [1.82, 2.24) is 0 Å². The van der Waals surface area contributed by atoms with Crippen LogP contribution in [0.2, 0.25) is 0 Å². The number of hydrogen-bond donors (Lipinski definition) is 0. The molecule has 3 aliphatic carbocycles. The van der Waals surface area contributed by atoms with Gasteiger partial charge in [0.15, 0.2) is 15.6 Å². The third kappa shape index (κ3) is 1.32. The van der Waals surface area contributed by atoms with E-state index in [1.807, 2.05) is 0 Å². The Morgan fingerprint density at radius 1 is 1.00 bits per heavy atom. The normalized spacial score (nSPS) is 39.2. The van der Waals surface area contributed by atoms with Crippen LogP contribution in [0, 0.1) is 23.7 Å². The van der Waals surface area contributed by atoms with Crippen LogP contribution in [0.15, 0.2) is 47.4 Å². The molecule has 2 saturated carbocycles. The van der Waals surface area contributed by atoms with Gasteiger partial charge in [-0.25, -0.2) is 8.42 Å². The zero-order chi connectivity index (χ0) is 13.2. The van der Waals surface area contributed by atoms with Gasteiger partial charge in [0.1, 0.15) is 5.25 Å². The molecule has 2 fully saturated rings. The Morgan fingerprint density at radius 2 is 1.68 bits per heavy atom. The number of Topliss-reactive ketones (excluding diaryl/α,β-unsaturated/α-hetero) is 1. The summed E-state index contributed by atoms with van der Waals surface area (Å²) < 4.78 is 25.2. The molecule has 3 nitrogen and oxygen atoms in total. The first kappa shape index (κ1) is 11.4. The van der Waals surface area contributed by atoms with Gasteiger partial charge in [0.05, 0.1) is 4.90 Å². The second kappa shape index (κ2) is 3.57. The molecule has 2 bridgehead atoms. The number of ketones is 1. The van der Waals surface area contributed by atoms with Crippen LogP contribution >= 0.6 is 0 Å². The van der Waals surface area contributed by atoms with E-state index in [2.05, 4.69) is 12.2 Å². The monoisotopic (exact) mass is 274 g/mol. The molecule has 4 heteroatoms. The van der Waals surface area contributed by atoms with Crippen LogP contribution in [0.5, 0.6) is 0 Å². The molecule has 0 heterocycles. The van der Waals surface area contributed by atoms with E-state index in [1.54, 1.807) is 30.3 Å². The largest absolute Gasteiger partial charge is 0.298 e. The first-order valence-corrected chi connectivity index (χ1v) is 8.16. The van der Waals surface area contributed by atoms with Crippen molar-refractivity contribution in [3.05, 3.63) is 42.5 Å². The van der Waals surface area contributed by atoms with Gasteiger partial charge in [-0.1, -0.05) is 30.4 Å². The number of carbonyl (C=O) groups is 1. The zero-order valence-electron chi connectivity index (χ0n) is 10.3. The van der Waals surface area contributed by atoms with Gasteiger partial charge >= 0.3 is 0 Å². The molecule has 3 aliphatic rings. The molecule has 4 rings (SSSR count). The lowest BCUT2D eigenvalue weighted by molar-refractivity contribution is -0.133. The van der Waals surface area contributed by atoms with Gasteiger partial charge in [-0.15, -0.1) is 0 Å². The maximum atomic E-state index is 12.6. The summed E-state index contributed by atoms with van der Waals surface area (Å²) in [7, 11) is -3.51. The SMILES string of the molecule is O=C1[C@@H]2[C@H]([C@@H]1S(=O)(=O)c1ccccc1)[C@H]1C=C[C@@H]2C1. The molecule has 0 N–H and O–H groups in total. The molecule has 0 aliphatic heterocycles. The quantitative estimate of drug-likeness (QED) is 0.773. The predicted octanol–water partition coefficient (Wildman–Crippen LogP) is 1.85. The first-order valence-electron chi connectivity index (χ1n) is 6.62. The topological polar surface area (TPSA) is 51.2 Å². The van der Waals surface area contributed by atoms with E-state index in [1.165, 1.54) is 0 Å². The van der Waals surface area contributed by atoms with Gasteiger partial charge in [0, 0.05) is 5.92 Å². The number of sulfone groups is 1. The molecular formula is C15H14O3S. The number of fused-ring (bicyclic) bond motifs is 5. The third-order valence-corrected chi connectivity index (χ3v) is 7.03. The lowest BCUT2D eigenvalue weighted by atomic mass is 9.66. The van der Waals surface area contributed by atoms with E-state index in [9.17, 15) is 13.2 Å². The molecule has 0 unspecified atom stereocenters. The molecule has 0 aromatic heterocycles. The second-order valence-electron chi connectivity index (χ2n) is 5.73. The summed E-state index contributed by atoms with van der Waals surface area (Å²) in [6, 6.07) is 8.35. The highest BCUT2D eigenvalue weighted by Gasteiger charge is 2.65. The molecule has 0 amide bonds. The fraction of sp³-hybridized carbons (Fsp3) is 0.400. The number of rotatable bonds is 2. The zero-order valence-corrected chi connectivity index (χ0v) is 11.1. The molecule has 0 spiro atoms. The summed E-state index contributed by atoms with van der Waals surface area (Å²) in [5.74, 6) is 0.512. The van der Waals surface area contributed by atoms with Crippen molar-refractivity contribution in [3.8, 4) is 0 Å². The van der Waals surface area contributed by atoms with Crippen molar-refractivity contribution in [2.24, 2.45) is 23.7 Å². The summed E-state index contributed by atoms with van der Waals surface area (Å²) >= 11 is 0. The summed E-state index contributed by atoms with van der Waals surface area (Å²) in [4.78, 5) is 12.5. The number of hydrogen-bond acceptors (Lipinski definition) is 3. The van der Waals surface area contributed by atoms with Crippen LogP contribution in [0.4, 0.5) is 0 Å². The first-order chi connectivity index (χ1) is 9.10. The molecular weight excluding hydrogens is 260 g/mol. The van der Waals surface area contributed by atoms with Crippen molar-refractivity contribution in [3.63, 3.8) is 0 Å². The Kier molecular flexibility index (Phi) is 2.14. The van der Waals surface area contributed by atoms with Crippen LogP contribution in [-0.4, -0.2) is 19.5 Å². The lowest BCUT2D eigenvalue weighted by Crippen LogP contribution is -2.57. The average Bonchev–Trinajstić information content (AvgIpc) is 2.96. The fourth-order valence-electron chi connectivity index (χ4n) is 4.05. The molecule has 19 heavy (non-hydrogen) atoms. The Hall–Kier alpha value is -1.42. The van der Waals surface area contributed by atoms with Crippen LogP contribution in [-0.2, 0) is 14.6 Å². The van der Waals surface area contributed by atoms with E-state index >= 15 is 0 Å². The number of benzene rings is 1. The Morgan fingerprint density at radius 3 is 2.42 bits per heavy atom. The third-order valence-electron chi connectivity index (χ3n) is 4.88. The van der Waals surface area contributed by atoms with E-state index < -0.39 is 15.1 Å². The van der Waals surface area contributed by atoms with E-state index in [0.717, 1.165) is 6.42 Å². The van der Waals surface area contributed by atoms with Gasteiger partial charge in [-0.2, -0.15) is 0 Å². The Bertz CT molecular complexity index is 675. The van der Waals surface area contributed by atoms with E-state index in [0.29, 0.717) is 5.92 Å². The molecule has 1 aromatic carbocycles. The highest BCUT2D eigenvalue weighted by atomic mass is 32.2. The summed E-state index contributed by atoms with van der Waals surface area (Å²) in [5.41, 5.74) is 0. The number of carbonyl (C=O) groups excluding carboxylic acids is 1. The average molecular weight is 274 g/mol. The molecule has 0 radical (unpaired) electrons. The second-order valence-corrected chi connectivity index (χ2v) is 7.80. The van der Waals surface area contributed by atoms with E-state index in [4.69, 9.17) is 0 Å². The van der Waals surface area contributed by atoms with Crippen LogP contribution in [0.1, 0.15) is 6.42 Å². The summed E-state index contributed by atoms with van der Waals surface area (Å²) in [5, 5.41) is -0.806. The molecule has 5 atom stereocenters. The van der Waals surface area contributed by atoms with E-state index in [-0.39, 0.29) is 28.4 Å². The van der Waals surface area contributed by atoms with Gasteiger partial charge in [0.25, 0.3) is 0 Å². The van der Waals surface area contributed by atoms with Crippen molar-refractivity contribution in [2.75, 3.05) is 0 Å². The van der Waals surface area contributed by atoms with Crippen LogP contribution in [0.25, 0.3) is 0 Å². The number of allylic oxidation sites excluding steroid dienone is 2. The van der Waals surface area contributed by atoms with Crippen molar-refractivity contribution in [1.29, 1.82) is 0 Å². The standard InChI is InChI=1S/C15H14O3S/c16-14-12-9-6-7-10(8-9)13(12)15(14)19(17,18)11-4-2-1-3-5-11/h1-7,9-10,12-13,15H,8H2/t9-,10+,12+,13-,15+/m1/s1. The molecule has 0 saturated heterocycles.